The lowest BCUT2D eigenvalue weighted by atomic mass is 10.2. The van der Waals surface area contributed by atoms with Gasteiger partial charge in [0.25, 0.3) is 0 Å². The highest BCUT2D eigenvalue weighted by Gasteiger charge is 2.20. The maximum absolute atomic E-state index is 12.5. The summed E-state index contributed by atoms with van der Waals surface area (Å²) >= 11 is 0. The zero-order valence-corrected chi connectivity index (χ0v) is 18.3. The summed E-state index contributed by atoms with van der Waals surface area (Å²) in [5.41, 5.74) is 2.31. The number of sulfonamides is 1. The minimum Gasteiger partial charge on any atom is -0.486 e. The lowest BCUT2D eigenvalue weighted by Crippen LogP contribution is -2.22. The van der Waals surface area contributed by atoms with Crippen LogP contribution in [0.25, 0.3) is 22.5 Å². The predicted molar refractivity (Wildman–Crippen MR) is 115 cm³/mol. The first-order chi connectivity index (χ1) is 14.9. The van der Waals surface area contributed by atoms with Gasteiger partial charge in [0.2, 0.25) is 22.3 Å². The van der Waals surface area contributed by atoms with E-state index in [1.165, 1.54) is 24.8 Å². The zero-order valence-electron chi connectivity index (χ0n) is 17.5. The summed E-state index contributed by atoms with van der Waals surface area (Å²) in [6, 6.07) is 12.4. The van der Waals surface area contributed by atoms with Crippen molar-refractivity contribution in [1.29, 1.82) is 0 Å². The van der Waals surface area contributed by atoms with E-state index in [0.717, 1.165) is 29.9 Å². The number of imidazole rings is 1. The van der Waals surface area contributed by atoms with Crippen LogP contribution in [0.5, 0.6) is 5.75 Å². The van der Waals surface area contributed by atoms with Gasteiger partial charge in [-0.1, -0.05) is 6.92 Å². The van der Waals surface area contributed by atoms with Crippen molar-refractivity contribution >= 4 is 21.1 Å². The number of nitrogens with zero attached hydrogens (tertiary/aromatic N) is 5. The largest absolute Gasteiger partial charge is 0.486 e. The number of fused-ring (bicyclic) bond motifs is 1. The smallest absolute Gasteiger partial charge is 0.247 e. The molecular weight excluding hydrogens is 418 g/mol. The molecule has 0 radical (unpaired) electrons. The third kappa shape index (κ3) is 4.17. The molecule has 0 saturated heterocycles. The lowest BCUT2D eigenvalue weighted by Gasteiger charge is -2.11. The highest BCUT2D eigenvalue weighted by molar-refractivity contribution is 7.89. The van der Waals surface area contributed by atoms with Crippen molar-refractivity contribution in [1.82, 2.24) is 24.1 Å². The number of aryl methyl sites for hydroxylation is 1. The van der Waals surface area contributed by atoms with Crippen molar-refractivity contribution in [2.75, 3.05) is 14.1 Å². The number of hydrogen-bond acceptors (Lipinski definition) is 7. The molecule has 0 spiro atoms. The Kier molecular flexibility index (Phi) is 5.75. The first kappa shape index (κ1) is 21.0. The van der Waals surface area contributed by atoms with Gasteiger partial charge in [0, 0.05) is 26.2 Å². The van der Waals surface area contributed by atoms with E-state index >= 15 is 0 Å². The lowest BCUT2D eigenvalue weighted by molar-refractivity contribution is 0.290. The predicted octanol–water partition coefficient (Wildman–Crippen LogP) is 3.33. The molecule has 0 saturated carbocycles. The van der Waals surface area contributed by atoms with E-state index < -0.39 is 10.0 Å². The van der Waals surface area contributed by atoms with Gasteiger partial charge in [0.15, 0.2) is 0 Å². The van der Waals surface area contributed by atoms with Crippen LogP contribution in [0, 0.1) is 0 Å². The van der Waals surface area contributed by atoms with Crippen LogP contribution >= 0.6 is 0 Å². The Hall–Kier alpha value is -3.24. The summed E-state index contributed by atoms with van der Waals surface area (Å²) in [6.45, 7) is 3.09. The molecule has 0 N–H and O–H groups in total. The highest BCUT2D eigenvalue weighted by atomic mass is 32.2. The first-order valence-electron chi connectivity index (χ1n) is 9.81. The molecule has 162 valence electrons. The fourth-order valence-corrected chi connectivity index (χ4v) is 4.18. The van der Waals surface area contributed by atoms with Gasteiger partial charge in [-0.3, -0.25) is 0 Å². The number of benzene rings is 2. The summed E-state index contributed by atoms with van der Waals surface area (Å²) in [4.78, 5) is 4.88. The minimum absolute atomic E-state index is 0.218. The molecule has 0 amide bonds. The SMILES string of the molecule is CCCn1c(COc2ccc(-c3nnco3)cc2)nc2cc(S(=O)(=O)N(C)C)ccc21. The number of hydrogen-bond donors (Lipinski definition) is 0. The van der Waals surface area contributed by atoms with Crippen LogP contribution in [-0.4, -0.2) is 46.6 Å². The average molecular weight is 442 g/mol. The second-order valence-electron chi connectivity index (χ2n) is 7.17. The fraction of sp³-hybridized carbons (Fsp3) is 0.286. The van der Waals surface area contributed by atoms with Gasteiger partial charge in [-0.25, -0.2) is 17.7 Å². The molecule has 0 unspecified atom stereocenters. The molecule has 9 nitrogen and oxygen atoms in total. The third-order valence-electron chi connectivity index (χ3n) is 4.85. The van der Waals surface area contributed by atoms with Gasteiger partial charge in [0.05, 0.1) is 15.9 Å². The van der Waals surface area contributed by atoms with Gasteiger partial charge >= 0.3 is 0 Å². The van der Waals surface area contributed by atoms with E-state index in [4.69, 9.17) is 9.15 Å². The summed E-state index contributed by atoms with van der Waals surface area (Å²) in [5, 5.41) is 7.56. The second-order valence-corrected chi connectivity index (χ2v) is 9.33. The minimum atomic E-state index is -3.53. The van der Waals surface area contributed by atoms with Crippen LogP contribution in [0.15, 0.2) is 58.2 Å². The van der Waals surface area contributed by atoms with Crippen molar-refractivity contribution in [3.05, 3.63) is 54.7 Å². The molecule has 0 bridgehead atoms. The topological polar surface area (TPSA) is 103 Å². The third-order valence-corrected chi connectivity index (χ3v) is 6.66. The van der Waals surface area contributed by atoms with E-state index in [9.17, 15) is 8.42 Å². The van der Waals surface area contributed by atoms with Gasteiger partial charge in [-0.15, -0.1) is 10.2 Å². The monoisotopic (exact) mass is 441 g/mol. The van der Waals surface area contributed by atoms with E-state index in [1.807, 2.05) is 24.3 Å². The molecular formula is C21H23N5O4S. The van der Waals surface area contributed by atoms with Gasteiger partial charge in [-0.05, 0) is 48.9 Å². The summed E-state index contributed by atoms with van der Waals surface area (Å²) in [7, 11) is -0.502. The van der Waals surface area contributed by atoms with E-state index in [0.29, 0.717) is 17.2 Å². The Balaban J connectivity index is 1.59. The van der Waals surface area contributed by atoms with Crippen LogP contribution in [0.2, 0.25) is 0 Å². The molecule has 0 atom stereocenters. The molecule has 2 heterocycles. The second kappa shape index (κ2) is 8.48. The summed E-state index contributed by atoms with van der Waals surface area (Å²) in [5.74, 6) is 1.85. The molecule has 10 heteroatoms. The van der Waals surface area contributed by atoms with E-state index in [2.05, 4.69) is 26.7 Å². The Morgan fingerprint density at radius 1 is 1.13 bits per heavy atom. The van der Waals surface area contributed by atoms with Crippen molar-refractivity contribution in [3.8, 4) is 17.2 Å². The molecule has 2 aromatic heterocycles. The van der Waals surface area contributed by atoms with Crippen molar-refractivity contribution in [3.63, 3.8) is 0 Å². The molecule has 0 aliphatic carbocycles. The van der Waals surface area contributed by atoms with Gasteiger partial charge in [0.1, 0.15) is 18.2 Å². The number of aromatic nitrogens is 4. The number of rotatable bonds is 8. The molecule has 0 fully saturated rings. The Morgan fingerprint density at radius 3 is 2.55 bits per heavy atom. The van der Waals surface area contributed by atoms with E-state index in [-0.39, 0.29) is 11.5 Å². The number of ether oxygens (including phenoxy) is 1. The molecule has 31 heavy (non-hydrogen) atoms. The molecule has 0 aliphatic heterocycles. The first-order valence-corrected chi connectivity index (χ1v) is 11.2. The zero-order chi connectivity index (χ0) is 22.0. The van der Waals surface area contributed by atoms with Crippen LogP contribution in [0.1, 0.15) is 19.2 Å². The summed E-state index contributed by atoms with van der Waals surface area (Å²) < 4.78 is 39.3. The van der Waals surface area contributed by atoms with Crippen LogP contribution < -0.4 is 4.74 Å². The van der Waals surface area contributed by atoms with Crippen molar-refractivity contribution in [2.24, 2.45) is 0 Å². The van der Waals surface area contributed by atoms with Crippen LogP contribution in [0.3, 0.4) is 0 Å². The van der Waals surface area contributed by atoms with Crippen molar-refractivity contribution < 1.29 is 17.6 Å². The van der Waals surface area contributed by atoms with Gasteiger partial charge in [-0.2, -0.15) is 0 Å². The fourth-order valence-electron chi connectivity index (χ4n) is 3.25. The average Bonchev–Trinajstić information content (AvgIpc) is 3.41. The normalized spacial score (nSPS) is 12.0. The Morgan fingerprint density at radius 2 is 1.90 bits per heavy atom. The van der Waals surface area contributed by atoms with Crippen LogP contribution in [-0.2, 0) is 23.2 Å². The molecule has 4 rings (SSSR count). The Bertz CT molecular complexity index is 1280. The Labute approximate surface area is 180 Å². The molecule has 4 aromatic rings. The molecule has 0 aliphatic rings. The van der Waals surface area contributed by atoms with Gasteiger partial charge < -0.3 is 13.7 Å². The quantitative estimate of drug-likeness (QED) is 0.413. The maximum Gasteiger partial charge on any atom is 0.247 e. The summed E-state index contributed by atoms with van der Waals surface area (Å²) in [6.07, 6.45) is 2.20. The highest BCUT2D eigenvalue weighted by Crippen LogP contribution is 2.24. The van der Waals surface area contributed by atoms with Crippen LogP contribution in [0.4, 0.5) is 0 Å². The maximum atomic E-state index is 12.5. The van der Waals surface area contributed by atoms with Crippen molar-refractivity contribution in [2.45, 2.75) is 31.4 Å². The van der Waals surface area contributed by atoms with E-state index in [1.54, 1.807) is 18.2 Å². The standard InChI is InChI=1S/C21H23N5O4S/c1-4-11-26-19-10-9-17(31(27,28)25(2)3)12-18(19)23-20(26)13-29-16-7-5-15(6-8-16)21-24-22-14-30-21/h5-10,12,14H,4,11,13H2,1-3H3. The molecule has 2 aromatic carbocycles.